The number of aliphatic hydroxyl groups excluding tert-OH is 1. The minimum absolute atomic E-state index is 0.248. The lowest BCUT2D eigenvalue weighted by Gasteiger charge is -2.18. The molecule has 0 aliphatic rings. The van der Waals surface area contributed by atoms with Crippen LogP contribution in [0.15, 0.2) is 42.7 Å². The van der Waals surface area contributed by atoms with Gasteiger partial charge in [-0.25, -0.2) is 4.98 Å². The Bertz CT molecular complexity index is 1140. The molecule has 2 aromatic heterocycles. The minimum atomic E-state index is -0.629. The molecule has 31 heavy (non-hydrogen) atoms. The van der Waals surface area contributed by atoms with Gasteiger partial charge in [0, 0.05) is 40.7 Å². The average molecular weight is 458 g/mol. The first-order valence-electron chi connectivity index (χ1n) is 9.42. The maximum atomic E-state index is 13.1. The van der Waals surface area contributed by atoms with Crippen LogP contribution in [0.4, 0.5) is 0 Å². The predicted molar refractivity (Wildman–Crippen MR) is 120 cm³/mol. The van der Waals surface area contributed by atoms with Gasteiger partial charge in [0.25, 0.3) is 5.91 Å². The number of hydrogen-bond donors (Lipinski definition) is 3. The van der Waals surface area contributed by atoms with Crippen molar-refractivity contribution in [3.8, 4) is 17.2 Å². The highest BCUT2D eigenvalue weighted by Crippen LogP contribution is 2.31. The number of benzene rings is 1. The van der Waals surface area contributed by atoms with Crippen molar-refractivity contribution >= 4 is 29.1 Å². The Hall–Kier alpha value is -2.89. The van der Waals surface area contributed by atoms with Crippen LogP contribution < -0.4 is 5.32 Å². The number of aromatic nitrogens is 2. The van der Waals surface area contributed by atoms with E-state index in [4.69, 9.17) is 23.2 Å². The van der Waals surface area contributed by atoms with Gasteiger partial charge in [-0.2, -0.15) is 5.26 Å². The average Bonchev–Trinajstić information content (AvgIpc) is 3.14. The number of aliphatic hydroxyl groups is 1. The summed E-state index contributed by atoms with van der Waals surface area (Å²) in [5.41, 5.74) is 3.34. The lowest BCUT2D eigenvalue weighted by molar-refractivity contribution is 0.0910. The molecule has 1 amide bonds. The SMILES string of the molecule is CN(C)Cc1c(-c2cc(Cl)ncc2C#N)c[nH]c1C(=O)N[C@H](CO)c1cccc(Cl)c1. The predicted octanol–water partition coefficient (Wildman–Crippen LogP) is 3.78. The number of nitrogens with one attached hydrogen (secondary N) is 2. The molecule has 0 saturated carbocycles. The first kappa shape index (κ1) is 22.8. The molecule has 0 bridgehead atoms. The van der Waals surface area contributed by atoms with E-state index < -0.39 is 6.04 Å². The van der Waals surface area contributed by atoms with Gasteiger partial charge in [-0.3, -0.25) is 4.79 Å². The van der Waals surface area contributed by atoms with Gasteiger partial charge >= 0.3 is 0 Å². The summed E-state index contributed by atoms with van der Waals surface area (Å²) in [5.74, 6) is -0.388. The van der Waals surface area contributed by atoms with Crippen molar-refractivity contribution < 1.29 is 9.90 Å². The molecule has 1 atom stereocenters. The van der Waals surface area contributed by atoms with Crippen LogP contribution in [0.1, 0.15) is 33.2 Å². The molecule has 1 aromatic carbocycles. The number of carbonyl (C=O) groups is 1. The van der Waals surface area contributed by atoms with Gasteiger partial charge in [-0.05, 0) is 37.9 Å². The van der Waals surface area contributed by atoms with Crippen LogP contribution in [0.3, 0.4) is 0 Å². The Kier molecular flexibility index (Phi) is 7.31. The van der Waals surface area contributed by atoms with Crippen molar-refractivity contribution in [2.45, 2.75) is 12.6 Å². The quantitative estimate of drug-likeness (QED) is 0.468. The lowest BCUT2D eigenvalue weighted by Crippen LogP contribution is -2.32. The molecule has 0 aliphatic heterocycles. The van der Waals surface area contributed by atoms with Gasteiger partial charge in [-0.15, -0.1) is 0 Å². The molecule has 3 N–H and O–H groups in total. The summed E-state index contributed by atoms with van der Waals surface area (Å²) in [5, 5.41) is 22.9. The van der Waals surface area contributed by atoms with E-state index >= 15 is 0 Å². The zero-order chi connectivity index (χ0) is 22.5. The number of rotatable bonds is 7. The summed E-state index contributed by atoms with van der Waals surface area (Å²) in [6.07, 6.45) is 3.08. The van der Waals surface area contributed by atoms with Crippen LogP contribution in [0.5, 0.6) is 0 Å². The second kappa shape index (κ2) is 9.94. The molecule has 0 aliphatic carbocycles. The van der Waals surface area contributed by atoms with Crippen molar-refractivity contribution in [2.24, 2.45) is 0 Å². The lowest BCUT2D eigenvalue weighted by atomic mass is 9.99. The topological polar surface area (TPSA) is 105 Å². The summed E-state index contributed by atoms with van der Waals surface area (Å²) >= 11 is 12.1. The molecule has 3 rings (SSSR count). The van der Waals surface area contributed by atoms with Gasteiger partial charge in [0.2, 0.25) is 0 Å². The summed E-state index contributed by atoms with van der Waals surface area (Å²) in [7, 11) is 3.76. The van der Waals surface area contributed by atoms with Crippen LogP contribution in [0.25, 0.3) is 11.1 Å². The Morgan fingerprint density at radius 3 is 2.74 bits per heavy atom. The Balaban J connectivity index is 2.01. The van der Waals surface area contributed by atoms with E-state index in [9.17, 15) is 15.2 Å². The highest BCUT2D eigenvalue weighted by molar-refractivity contribution is 6.30. The van der Waals surface area contributed by atoms with Crippen molar-refractivity contribution in [1.29, 1.82) is 5.26 Å². The first-order chi connectivity index (χ1) is 14.8. The summed E-state index contributed by atoms with van der Waals surface area (Å²) in [4.78, 5) is 22.0. The number of H-pyrrole nitrogens is 1. The molecule has 2 heterocycles. The van der Waals surface area contributed by atoms with E-state index in [1.165, 1.54) is 6.20 Å². The zero-order valence-electron chi connectivity index (χ0n) is 17.0. The third kappa shape index (κ3) is 5.24. The maximum Gasteiger partial charge on any atom is 0.268 e. The standard InChI is InChI=1S/C22H21Cl2N5O2/c1-29(2)11-18-17(16-7-20(24)26-9-14(16)8-25)10-27-21(18)22(31)28-19(12-30)13-4-3-5-15(23)6-13/h3-7,9-10,19,27,30H,11-12H2,1-2H3,(H,28,31)/t19-/m1/s1. The number of amides is 1. The van der Waals surface area contributed by atoms with Crippen molar-refractivity contribution in [2.75, 3.05) is 20.7 Å². The number of carbonyl (C=O) groups excluding carboxylic acids is 1. The fourth-order valence-electron chi connectivity index (χ4n) is 3.31. The number of aromatic amines is 1. The van der Waals surface area contributed by atoms with Gasteiger partial charge in [-0.1, -0.05) is 35.3 Å². The molecule has 3 aromatic rings. The first-order valence-corrected chi connectivity index (χ1v) is 10.2. The van der Waals surface area contributed by atoms with Crippen LogP contribution in [-0.2, 0) is 6.54 Å². The highest BCUT2D eigenvalue weighted by atomic mass is 35.5. The third-order valence-corrected chi connectivity index (χ3v) is 5.15. The molecular weight excluding hydrogens is 437 g/mol. The smallest absolute Gasteiger partial charge is 0.268 e. The maximum absolute atomic E-state index is 13.1. The fourth-order valence-corrected chi connectivity index (χ4v) is 3.66. The highest BCUT2D eigenvalue weighted by Gasteiger charge is 2.23. The summed E-state index contributed by atoms with van der Waals surface area (Å²) in [6.45, 7) is 0.147. The molecule has 0 fully saturated rings. The Morgan fingerprint density at radius 2 is 2.10 bits per heavy atom. The molecular formula is C22H21Cl2N5O2. The monoisotopic (exact) mass is 457 g/mol. The second-order valence-electron chi connectivity index (χ2n) is 7.22. The van der Waals surface area contributed by atoms with E-state index in [1.54, 1.807) is 36.5 Å². The molecule has 0 unspecified atom stereocenters. The Labute approximate surface area is 190 Å². The van der Waals surface area contributed by atoms with Crippen LogP contribution in [0, 0.1) is 11.3 Å². The second-order valence-corrected chi connectivity index (χ2v) is 8.05. The number of nitriles is 1. The molecule has 160 valence electrons. The summed E-state index contributed by atoms with van der Waals surface area (Å²) in [6, 6.07) is 10.0. The number of hydrogen-bond acceptors (Lipinski definition) is 5. The van der Waals surface area contributed by atoms with Crippen LogP contribution >= 0.6 is 23.2 Å². The van der Waals surface area contributed by atoms with Crippen molar-refractivity contribution in [3.05, 3.63) is 75.3 Å². The van der Waals surface area contributed by atoms with Gasteiger partial charge < -0.3 is 20.3 Å². The van der Waals surface area contributed by atoms with E-state index in [1.807, 2.05) is 19.0 Å². The van der Waals surface area contributed by atoms with Crippen LogP contribution in [0.2, 0.25) is 10.2 Å². The normalized spacial score (nSPS) is 11.9. The molecule has 0 spiro atoms. The van der Waals surface area contributed by atoms with E-state index in [0.29, 0.717) is 45.1 Å². The summed E-state index contributed by atoms with van der Waals surface area (Å²) < 4.78 is 0. The largest absolute Gasteiger partial charge is 0.394 e. The number of halogens is 2. The fraction of sp³-hybridized carbons (Fsp3) is 0.227. The molecule has 0 radical (unpaired) electrons. The number of pyridine rings is 1. The molecule has 9 heteroatoms. The van der Waals surface area contributed by atoms with Gasteiger partial charge in [0.1, 0.15) is 16.9 Å². The molecule has 7 nitrogen and oxygen atoms in total. The minimum Gasteiger partial charge on any atom is -0.394 e. The van der Waals surface area contributed by atoms with E-state index in [0.717, 1.165) is 0 Å². The Morgan fingerprint density at radius 1 is 1.32 bits per heavy atom. The van der Waals surface area contributed by atoms with Gasteiger partial charge in [0.05, 0.1) is 18.2 Å². The van der Waals surface area contributed by atoms with E-state index in [2.05, 4.69) is 21.4 Å². The van der Waals surface area contributed by atoms with Crippen LogP contribution in [-0.4, -0.2) is 46.6 Å². The van der Waals surface area contributed by atoms with Gasteiger partial charge in [0.15, 0.2) is 0 Å². The van der Waals surface area contributed by atoms with E-state index in [-0.39, 0.29) is 17.7 Å². The molecule has 0 saturated heterocycles. The van der Waals surface area contributed by atoms with Crippen molar-refractivity contribution in [3.63, 3.8) is 0 Å². The number of nitrogens with zero attached hydrogens (tertiary/aromatic N) is 3. The third-order valence-electron chi connectivity index (χ3n) is 4.71. The van der Waals surface area contributed by atoms with Crippen molar-refractivity contribution in [1.82, 2.24) is 20.2 Å². The zero-order valence-corrected chi connectivity index (χ0v) is 18.5.